The van der Waals surface area contributed by atoms with Gasteiger partial charge >= 0.3 is 5.69 Å². The Bertz CT molecular complexity index is 1340. The highest BCUT2D eigenvalue weighted by atomic mass is 35.5. The Morgan fingerprint density at radius 3 is 2.50 bits per heavy atom. The van der Waals surface area contributed by atoms with E-state index in [4.69, 9.17) is 11.6 Å². The Morgan fingerprint density at radius 1 is 1.14 bits per heavy atom. The fourth-order valence-electron chi connectivity index (χ4n) is 3.25. The summed E-state index contributed by atoms with van der Waals surface area (Å²) >= 11 is 6.35. The molecule has 0 saturated carbocycles. The van der Waals surface area contributed by atoms with E-state index in [-0.39, 0.29) is 0 Å². The number of halogens is 1. The Labute approximate surface area is 165 Å². The van der Waals surface area contributed by atoms with Crippen LogP contribution in [0.5, 0.6) is 0 Å². The van der Waals surface area contributed by atoms with E-state index in [0.717, 1.165) is 22.5 Å². The van der Waals surface area contributed by atoms with Crippen LogP contribution in [-0.2, 0) is 13.6 Å². The van der Waals surface area contributed by atoms with E-state index in [2.05, 4.69) is 15.1 Å². The van der Waals surface area contributed by atoms with Crippen molar-refractivity contribution in [1.82, 2.24) is 28.9 Å². The third-order valence-corrected chi connectivity index (χ3v) is 5.48. The van der Waals surface area contributed by atoms with Crippen molar-refractivity contribution in [3.05, 3.63) is 72.6 Å². The van der Waals surface area contributed by atoms with Crippen molar-refractivity contribution in [1.29, 1.82) is 0 Å². The van der Waals surface area contributed by atoms with E-state index in [0.29, 0.717) is 28.7 Å². The molecular weight excluding hydrogens is 380 g/mol. The van der Waals surface area contributed by atoms with Crippen LogP contribution in [0.25, 0.3) is 17.1 Å². The third-order valence-electron chi connectivity index (χ3n) is 5.12. The molecule has 144 valence electrons. The van der Waals surface area contributed by atoms with Crippen LogP contribution in [0.1, 0.15) is 22.5 Å². The first-order valence-electron chi connectivity index (χ1n) is 8.75. The minimum absolute atomic E-state index is 0.293. The van der Waals surface area contributed by atoms with E-state index in [9.17, 15) is 9.59 Å². The van der Waals surface area contributed by atoms with Gasteiger partial charge in [0.05, 0.1) is 12.2 Å². The Morgan fingerprint density at radius 2 is 1.86 bits per heavy atom. The maximum Gasteiger partial charge on any atom is 0.329 e. The molecule has 9 heteroatoms. The molecule has 8 nitrogen and oxygen atoms in total. The zero-order valence-electron chi connectivity index (χ0n) is 15.9. The van der Waals surface area contributed by atoms with Crippen molar-refractivity contribution < 1.29 is 0 Å². The number of aromatic amines is 1. The molecule has 4 rings (SSSR count). The molecule has 0 aliphatic rings. The van der Waals surface area contributed by atoms with Gasteiger partial charge in [0.25, 0.3) is 5.56 Å². The van der Waals surface area contributed by atoms with Gasteiger partial charge in [-0.05, 0) is 38.0 Å². The molecule has 3 heterocycles. The molecule has 0 atom stereocenters. The number of fused-ring (bicyclic) bond motifs is 1. The number of aromatic nitrogens is 6. The van der Waals surface area contributed by atoms with Crippen molar-refractivity contribution in [2.45, 2.75) is 27.3 Å². The molecule has 28 heavy (non-hydrogen) atoms. The zero-order chi connectivity index (χ0) is 20.2. The molecule has 0 fully saturated rings. The second-order valence-corrected chi connectivity index (χ2v) is 7.19. The third kappa shape index (κ3) is 2.68. The van der Waals surface area contributed by atoms with E-state index in [1.54, 1.807) is 22.4 Å². The first-order valence-corrected chi connectivity index (χ1v) is 9.13. The van der Waals surface area contributed by atoms with Gasteiger partial charge < -0.3 is 0 Å². The largest absolute Gasteiger partial charge is 0.329 e. The van der Waals surface area contributed by atoms with Gasteiger partial charge in [0, 0.05) is 17.8 Å². The number of nitrogens with one attached hydrogen (secondary N) is 1. The van der Waals surface area contributed by atoms with Crippen LogP contribution in [0.4, 0.5) is 0 Å². The first kappa shape index (κ1) is 18.2. The summed E-state index contributed by atoms with van der Waals surface area (Å²) in [6.07, 6.45) is 0. The highest BCUT2D eigenvalue weighted by molar-refractivity contribution is 6.31. The Hall–Kier alpha value is -3.13. The molecule has 1 aromatic carbocycles. The second-order valence-electron chi connectivity index (χ2n) is 6.79. The molecule has 1 N–H and O–H groups in total. The molecule has 4 aromatic rings. The molecule has 0 saturated heterocycles. The number of aryl methyl sites for hydroxylation is 2. The Kier molecular flexibility index (Phi) is 4.23. The predicted molar refractivity (Wildman–Crippen MR) is 107 cm³/mol. The molecule has 0 aliphatic carbocycles. The number of imidazole rings is 1. The first-order chi connectivity index (χ1) is 13.3. The van der Waals surface area contributed by atoms with Gasteiger partial charge in [0.1, 0.15) is 0 Å². The van der Waals surface area contributed by atoms with Gasteiger partial charge in [-0.2, -0.15) is 10.1 Å². The summed E-state index contributed by atoms with van der Waals surface area (Å²) in [7, 11) is 1.57. The van der Waals surface area contributed by atoms with E-state index in [1.807, 2.05) is 39.0 Å². The number of H-pyrrole nitrogens is 1. The maximum atomic E-state index is 12.7. The van der Waals surface area contributed by atoms with E-state index < -0.39 is 11.2 Å². The molecule has 0 radical (unpaired) electrons. The van der Waals surface area contributed by atoms with Gasteiger partial charge in [-0.3, -0.25) is 18.9 Å². The number of benzene rings is 1. The van der Waals surface area contributed by atoms with Crippen LogP contribution in [0.15, 0.2) is 33.9 Å². The Balaban J connectivity index is 2.09. The van der Waals surface area contributed by atoms with Crippen LogP contribution in [0.3, 0.4) is 0 Å². The van der Waals surface area contributed by atoms with Gasteiger partial charge in [-0.1, -0.05) is 29.8 Å². The van der Waals surface area contributed by atoms with Crippen molar-refractivity contribution in [3.8, 4) is 5.95 Å². The van der Waals surface area contributed by atoms with E-state index in [1.165, 1.54) is 4.57 Å². The monoisotopic (exact) mass is 398 g/mol. The minimum Gasteiger partial charge on any atom is -0.298 e. The standard InChI is InChI=1S/C19H19ClN6O2/c1-10-11(2)23-26(12(10)3)18-21-16-15(17(27)22-19(28)24(16)4)25(18)9-13-7-5-6-8-14(13)20/h5-8H,9H2,1-4H3,(H,22,27,28). The van der Waals surface area contributed by atoms with Crippen LogP contribution in [-0.4, -0.2) is 28.9 Å². The second kappa shape index (κ2) is 6.49. The van der Waals surface area contributed by atoms with Crippen molar-refractivity contribution in [2.75, 3.05) is 0 Å². The average molecular weight is 399 g/mol. The molecule has 0 bridgehead atoms. The van der Waals surface area contributed by atoms with Crippen molar-refractivity contribution in [2.24, 2.45) is 7.05 Å². The topological polar surface area (TPSA) is 90.5 Å². The molecular formula is C19H19ClN6O2. The van der Waals surface area contributed by atoms with Crippen LogP contribution < -0.4 is 11.2 Å². The predicted octanol–water partition coefficient (Wildman–Crippen LogP) is 2.24. The number of hydrogen-bond acceptors (Lipinski definition) is 4. The lowest BCUT2D eigenvalue weighted by atomic mass is 10.2. The molecule has 0 amide bonds. The lowest BCUT2D eigenvalue weighted by Gasteiger charge is -2.11. The highest BCUT2D eigenvalue weighted by Gasteiger charge is 2.22. The summed E-state index contributed by atoms with van der Waals surface area (Å²) in [5.74, 6) is 0.454. The SMILES string of the molecule is Cc1nn(-c2nc3c(c(=O)[nH]c(=O)n3C)n2Cc2ccccc2Cl)c(C)c1C. The summed E-state index contributed by atoms with van der Waals surface area (Å²) < 4.78 is 4.76. The molecule has 0 unspecified atom stereocenters. The normalized spacial score (nSPS) is 11.5. The summed E-state index contributed by atoms with van der Waals surface area (Å²) in [6.45, 7) is 6.15. The van der Waals surface area contributed by atoms with Crippen LogP contribution in [0.2, 0.25) is 5.02 Å². The van der Waals surface area contributed by atoms with Crippen LogP contribution >= 0.6 is 11.6 Å². The summed E-state index contributed by atoms with van der Waals surface area (Å²) in [6, 6.07) is 7.41. The zero-order valence-corrected chi connectivity index (χ0v) is 16.7. The summed E-state index contributed by atoms with van der Waals surface area (Å²) in [4.78, 5) is 31.7. The van der Waals surface area contributed by atoms with Gasteiger partial charge in [0.2, 0.25) is 5.95 Å². The highest BCUT2D eigenvalue weighted by Crippen LogP contribution is 2.23. The van der Waals surface area contributed by atoms with E-state index >= 15 is 0 Å². The minimum atomic E-state index is -0.518. The fourth-order valence-corrected chi connectivity index (χ4v) is 3.44. The smallest absolute Gasteiger partial charge is 0.298 e. The lowest BCUT2D eigenvalue weighted by molar-refractivity contribution is 0.701. The van der Waals surface area contributed by atoms with Crippen molar-refractivity contribution in [3.63, 3.8) is 0 Å². The average Bonchev–Trinajstić information content (AvgIpc) is 3.15. The summed E-state index contributed by atoms with van der Waals surface area (Å²) in [5, 5.41) is 5.17. The molecule has 0 aliphatic heterocycles. The van der Waals surface area contributed by atoms with Crippen LogP contribution in [0, 0.1) is 20.8 Å². The van der Waals surface area contributed by atoms with Gasteiger partial charge in [-0.15, -0.1) is 0 Å². The quantitative estimate of drug-likeness (QED) is 0.573. The summed E-state index contributed by atoms with van der Waals surface area (Å²) in [5.41, 5.74) is 3.23. The van der Waals surface area contributed by atoms with Gasteiger partial charge in [-0.25, -0.2) is 9.48 Å². The van der Waals surface area contributed by atoms with Crippen molar-refractivity contribution >= 4 is 22.8 Å². The molecule has 0 spiro atoms. The lowest BCUT2D eigenvalue weighted by Crippen LogP contribution is -2.29. The maximum absolute atomic E-state index is 12.7. The number of nitrogens with zero attached hydrogens (tertiary/aromatic N) is 5. The molecule has 3 aromatic heterocycles. The van der Waals surface area contributed by atoms with Gasteiger partial charge in [0.15, 0.2) is 11.2 Å². The number of rotatable bonds is 3. The fraction of sp³-hybridized carbons (Fsp3) is 0.263. The number of hydrogen-bond donors (Lipinski definition) is 1.